The lowest BCUT2D eigenvalue weighted by Crippen LogP contribution is -2.35. The molecule has 0 bridgehead atoms. The molecule has 1 aliphatic heterocycles. The molecule has 1 fully saturated rings. The highest BCUT2D eigenvalue weighted by atomic mass is 16.4. The number of carbonyl (C=O) groups excluding carboxylic acids is 1. The SMILES string of the molecule is Cc1ccc(C)c(C(=O)N2CCC(C)(C(=O)O)C2)c1. The Morgan fingerprint density at radius 1 is 1.32 bits per heavy atom. The molecule has 0 spiro atoms. The van der Waals surface area contributed by atoms with E-state index < -0.39 is 11.4 Å². The van der Waals surface area contributed by atoms with Gasteiger partial charge in [0.1, 0.15) is 0 Å². The largest absolute Gasteiger partial charge is 0.481 e. The number of benzene rings is 1. The van der Waals surface area contributed by atoms with Crippen molar-refractivity contribution in [2.45, 2.75) is 27.2 Å². The number of amides is 1. The number of rotatable bonds is 2. The molecule has 4 heteroatoms. The first-order valence-corrected chi connectivity index (χ1v) is 6.43. The molecule has 102 valence electrons. The van der Waals surface area contributed by atoms with Gasteiger partial charge in [-0.15, -0.1) is 0 Å². The third-order valence-corrected chi connectivity index (χ3v) is 3.90. The fourth-order valence-electron chi connectivity index (χ4n) is 2.45. The molecular weight excluding hydrogens is 242 g/mol. The van der Waals surface area contributed by atoms with E-state index in [1.807, 2.05) is 32.0 Å². The molecule has 0 saturated carbocycles. The summed E-state index contributed by atoms with van der Waals surface area (Å²) in [5.41, 5.74) is 1.83. The van der Waals surface area contributed by atoms with Crippen LogP contribution >= 0.6 is 0 Å². The Balaban J connectivity index is 2.22. The monoisotopic (exact) mass is 261 g/mol. The van der Waals surface area contributed by atoms with Gasteiger partial charge >= 0.3 is 5.97 Å². The molecule has 1 atom stereocenters. The van der Waals surface area contributed by atoms with Crippen molar-refractivity contribution in [2.75, 3.05) is 13.1 Å². The molecule has 1 aromatic rings. The van der Waals surface area contributed by atoms with Gasteiger partial charge in [0.05, 0.1) is 5.41 Å². The Kier molecular flexibility index (Phi) is 3.35. The summed E-state index contributed by atoms with van der Waals surface area (Å²) in [6, 6.07) is 5.76. The summed E-state index contributed by atoms with van der Waals surface area (Å²) in [7, 11) is 0. The van der Waals surface area contributed by atoms with Gasteiger partial charge in [-0.1, -0.05) is 17.7 Å². The number of likely N-dealkylation sites (tertiary alicyclic amines) is 1. The number of carboxylic acid groups (broad SMARTS) is 1. The minimum Gasteiger partial charge on any atom is -0.481 e. The first kappa shape index (κ1) is 13.6. The van der Waals surface area contributed by atoms with E-state index in [4.69, 9.17) is 0 Å². The molecule has 0 aliphatic carbocycles. The summed E-state index contributed by atoms with van der Waals surface area (Å²) in [5, 5.41) is 9.20. The average molecular weight is 261 g/mol. The first-order valence-electron chi connectivity index (χ1n) is 6.43. The van der Waals surface area contributed by atoms with Crippen LogP contribution in [0.4, 0.5) is 0 Å². The second kappa shape index (κ2) is 4.68. The van der Waals surface area contributed by atoms with Gasteiger partial charge in [0.2, 0.25) is 0 Å². The zero-order chi connectivity index (χ0) is 14.2. The minimum absolute atomic E-state index is 0.0637. The van der Waals surface area contributed by atoms with Crippen LogP contribution in [0.1, 0.15) is 34.8 Å². The van der Waals surface area contributed by atoms with Crippen molar-refractivity contribution in [2.24, 2.45) is 5.41 Å². The fourth-order valence-corrected chi connectivity index (χ4v) is 2.45. The van der Waals surface area contributed by atoms with Crippen molar-refractivity contribution in [3.05, 3.63) is 34.9 Å². The number of hydrogen-bond donors (Lipinski definition) is 1. The van der Waals surface area contributed by atoms with Gasteiger partial charge in [-0.3, -0.25) is 9.59 Å². The summed E-state index contributed by atoms with van der Waals surface area (Å²) >= 11 is 0. The summed E-state index contributed by atoms with van der Waals surface area (Å²) < 4.78 is 0. The molecular formula is C15H19NO3. The number of aliphatic carboxylic acids is 1. The number of carboxylic acids is 1. The Hall–Kier alpha value is -1.84. The molecule has 1 amide bonds. The molecule has 1 saturated heterocycles. The van der Waals surface area contributed by atoms with Crippen LogP contribution in [-0.4, -0.2) is 35.0 Å². The molecule has 1 heterocycles. The van der Waals surface area contributed by atoms with Crippen LogP contribution in [0.5, 0.6) is 0 Å². The van der Waals surface area contributed by atoms with Crippen molar-refractivity contribution in [1.82, 2.24) is 4.90 Å². The Morgan fingerprint density at radius 2 is 2.00 bits per heavy atom. The maximum absolute atomic E-state index is 12.5. The minimum atomic E-state index is -0.830. The quantitative estimate of drug-likeness (QED) is 0.888. The maximum atomic E-state index is 12.5. The van der Waals surface area contributed by atoms with Gasteiger partial charge in [0, 0.05) is 18.7 Å². The second-order valence-corrected chi connectivity index (χ2v) is 5.66. The van der Waals surface area contributed by atoms with Crippen LogP contribution in [0.25, 0.3) is 0 Å². The maximum Gasteiger partial charge on any atom is 0.311 e. The van der Waals surface area contributed by atoms with E-state index >= 15 is 0 Å². The zero-order valence-corrected chi connectivity index (χ0v) is 11.6. The van der Waals surface area contributed by atoms with Crippen molar-refractivity contribution < 1.29 is 14.7 Å². The number of aryl methyl sites for hydroxylation is 2. The van der Waals surface area contributed by atoms with Crippen LogP contribution in [-0.2, 0) is 4.79 Å². The summed E-state index contributed by atoms with van der Waals surface area (Å²) in [6.45, 7) is 6.34. The highest BCUT2D eigenvalue weighted by Gasteiger charge is 2.42. The van der Waals surface area contributed by atoms with Crippen molar-refractivity contribution in [1.29, 1.82) is 0 Å². The Labute approximate surface area is 113 Å². The number of carbonyl (C=O) groups is 2. The van der Waals surface area contributed by atoms with E-state index in [0.29, 0.717) is 18.5 Å². The highest BCUT2D eigenvalue weighted by molar-refractivity contribution is 5.96. The lowest BCUT2D eigenvalue weighted by atomic mass is 9.90. The van der Waals surface area contributed by atoms with E-state index in [0.717, 1.165) is 11.1 Å². The van der Waals surface area contributed by atoms with E-state index in [2.05, 4.69) is 0 Å². The standard InChI is InChI=1S/C15H19NO3/c1-10-4-5-11(2)12(8-10)13(17)16-7-6-15(3,9-16)14(18)19/h4-5,8H,6-7,9H2,1-3H3,(H,18,19). The molecule has 1 unspecified atom stereocenters. The number of nitrogens with zero attached hydrogens (tertiary/aromatic N) is 1. The summed E-state index contributed by atoms with van der Waals surface area (Å²) in [5.74, 6) is -0.894. The van der Waals surface area contributed by atoms with Gasteiger partial charge < -0.3 is 10.0 Å². The lowest BCUT2D eigenvalue weighted by molar-refractivity contribution is -0.147. The number of hydrogen-bond acceptors (Lipinski definition) is 2. The predicted molar refractivity (Wildman–Crippen MR) is 72.2 cm³/mol. The van der Waals surface area contributed by atoms with Crippen LogP contribution < -0.4 is 0 Å². The second-order valence-electron chi connectivity index (χ2n) is 5.66. The molecule has 2 rings (SSSR count). The summed E-state index contributed by atoms with van der Waals surface area (Å²) in [4.78, 5) is 25.3. The van der Waals surface area contributed by atoms with Crippen LogP contribution in [0.3, 0.4) is 0 Å². The highest BCUT2D eigenvalue weighted by Crippen LogP contribution is 2.31. The van der Waals surface area contributed by atoms with Gasteiger partial charge in [-0.05, 0) is 38.8 Å². The zero-order valence-electron chi connectivity index (χ0n) is 11.6. The van der Waals surface area contributed by atoms with Gasteiger partial charge in [0.15, 0.2) is 0 Å². The van der Waals surface area contributed by atoms with Gasteiger partial charge in [0.25, 0.3) is 5.91 Å². The molecule has 0 radical (unpaired) electrons. The fraction of sp³-hybridized carbons (Fsp3) is 0.467. The molecule has 4 nitrogen and oxygen atoms in total. The van der Waals surface area contributed by atoms with Crippen LogP contribution in [0, 0.1) is 19.3 Å². The van der Waals surface area contributed by atoms with Crippen molar-refractivity contribution >= 4 is 11.9 Å². The Morgan fingerprint density at radius 3 is 2.58 bits per heavy atom. The third kappa shape index (κ3) is 2.48. The predicted octanol–water partition coefficient (Wildman–Crippen LogP) is 2.24. The van der Waals surface area contributed by atoms with E-state index in [1.165, 1.54) is 0 Å². The topological polar surface area (TPSA) is 57.6 Å². The molecule has 1 N–H and O–H groups in total. The third-order valence-electron chi connectivity index (χ3n) is 3.90. The Bertz CT molecular complexity index is 538. The van der Waals surface area contributed by atoms with E-state index in [9.17, 15) is 14.7 Å². The van der Waals surface area contributed by atoms with Crippen molar-refractivity contribution in [3.8, 4) is 0 Å². The average Bonchev–Trinajstić information content (AvgIpc) is 2.76. The smallest absolute Gasteiger partial charge is 0.311 e. The van der Waals surface area contributed by atoms with E-state index in [-0.39, 0.29) is 12.5 Å². The molecule has 19 heavy (non-hydrogen) atoms. The van der Waals surface area contributed by atoms with Crippen LogP contribution in [0.2, 0.25) is 0 Å². The molecule has 1 aliphatic rings. The summed E-state index contributed by atoms with van der Waals surface area (Å²) in [6.07, 6.45) is 0.513. The molecule has 1 aromatic carbocycles. The first-order chi connectivity index (χ1) is 8.83. The molecule has 0 aromatic heterocycles. The van der Waals surface area contributed by atoms with Gasteiger partial charge in [-0.25, -0.2) is 0 Å². The van der Waals surface area contributed by atoms with Crippen molar-refractivity contribution in [3.63, 3.8) is 0 Å². The van der Waals surface area contributed by atoms with Gasteiger partial charge in [-0.2, -0.15) is 0 Å². The van der Waals surface area contributed by atoms with E-state index in [1.54, 1.807) is 11.8 Å². The lowest BCUT2D eigenvalue weighted by Gasteiger charge is -2.21. The normalized spacial score (nSPS) is 22.6. The van der Waals surface area contributed by atoms with Crippen LogP contribution in [0.15, 0.2) is 18.2 Å².